The number of imidazole rings is 1. The minimum absolute atomic E-state index is 0.0762. The smallest absolute Gasteiger partial charge is 0.325 e. The topological polar surface area (TPSA) is 82.5 Å². The van der Waals surface area contributed by atoms with Gasteiger partial charge in [-0.1, -0.05) is 24.3 Å². The average Bonchev–Trinajstić information content (AvgIpc) is 3.05. The van der Waals surface area contributed by atoms with Gasteiger partial charge in [0.1, 0.15) is 18.1 Å². The molecule has 0 unspecified atom stereocenters. The van der Waals surface area contributed by atoms with Crippen molar-refractivity contribution in [3.63, 3.8) is 0 Å². The number of carbonyl (C=O) groups is 2. The van der Waals surface area contributed by atoms with Gasteiger partial charge in [0.25, 0.3) is 5.91 Å². The van der Waals surface area contributed by atoms with Crippen LogP contribution in [0, 0.1) is 0 Å². The van der Waals surface area contributed by atoms with Crippen LogP contribution in [0.15, 0.2) is 48.5 Å². The summed E-state index contributed by atoms with van der Waals surface area (Å²) in [7, 11) is 2.88. The maximum atomic E-state index is 12.4. The monoisotopic (exact) mass is 367 g/mol. The molecule has 3 aromatic rings. The van der Waals surface area contributed by atoms with Crippen LogP contribution in [0.1, 0.15) is 16.2 Å². The standard InChI is InChI=1S/C20H21N3O4/c1-26-17-10-6-3-7-14(17)20(25)21-12-11-18-22-15-8-4-5-9-16(15)23(18)13-19(24)27-2/h3-10H,11-13H2,1-2H3,(H,21,25). The van der Waals surface area contributed by atoms with Crippen molar-refractivity contribution in [1.82, 2.24) is 14.9 Å². The molecule has 0 fully saturated rings. The summed E-state index contributed by atoms with van der Waals surface area (Å²) >= 11 is 0. The molecule has 0 bridgehead atoms. The van der Waals surface area contributed by atoms with E-state index in [-0.39, 0.29) is 18.4 Å². The highest BCUT2D eigenvalue weighted by atomic mass is 16.5. The fraction of sp³-hybridized carbons (Fsp3) is 0.250. The van der Waals surface area contributed by atoms with Crippen molar-refractivity contribution in [2.45, 2.75) is 13.0 Å². The fourth-order valence-corrected chi connectivity index (χ4v) is 2.90. The van der Waals surface area contributed by atoms with Crippen LogP contribution in [0.25, 0.3) is 11.0 Å². The third kappa shape index (κ3) is 4.08. The number of rotatable bonds is 7. The number of nitrogens with one attached hydrogen (secondary N) is 1. The molecule has 2 aromatic carbocycles. The lowest BCUT2D eigenvalue weighted by Gasteiger charge is -2.10. The Morgan fingerprint density at radius 2 is 1.81 bits per heavy atom. The number of fused-ring (bicyclic) bond motifs is 1. The summed E-state index contributed by atoms with van der Waals surface area (Å²) in [5, 5.41) is 2.87. The van der Waals surface area contributed by atoms with Crippen LogP contribution in [0.4, 0.5) is 0 Å². The lowest BCUT2D eigenvalue weighted by Crippen LogP contribution is -2.27. The molecule has 7 heteroatoms. The summed E-state index contributed by atoms with van der Waals surface area (Å²) in [5.41, 5.74) is 2.13. The molecule has 0 aliphatic rings. The first-order valence-corrected chi connectivity index (χ1v) is 8.56. The van der Waals surface area contributed by atoms with Gasteiger partial charge in [-0.15, -0.1) is 0 Å². The molecule has 0 aliphatic heterocycles. The Morgan fingerprint density at radius 3 is 2.59 bits per heavy atom. The molecular formula is C20H21N3O4. The van der Waals surface area contributed by atoms with E-state index in [4.69, 9.17) is 9.47 Å². The van der Waals surface area contributed by atoms with Gasteiger partial charge in [0.15, 0.2) is 0 Å². The molecule has 7 nitrogen and oxygen atoms in total. The maximum Gasteiger partial charge on any atom is 0.325 e. The normalized spacial score (nSPS) is 10.6. The van der Waals surface area contributed by atoms with Crippen LogP contribution >= 0.6 is 0 Å². The molecule has 0 aliphatic carbocycles. The zero-order valence-corrected chi connectivity index (χ0v) is 15.3. The van der Waals surface area contributed by atoms with Crippen LogP contribution in [-0.2, 0) is 22.5 Å². The number of esters is 1. The van der Waals surface area contributed by atoms with Crippen molar-refractivity contribution in [3.8, 4) is 5.75 Å². The van der Waals surface area contributed by atoms with Gasteiger partial charge >= 0.3 is 5.97 Å². The van der Waals surface area contributed by atoms with E-state index in [9.17, 15) is 9.59 Å². The number of hydrogen-bond acceptors (Lipinski definition) is 5. The van der Waals surface area contributed by atoms with E-state index in [1.54, 1.807) is 18.2 Å². The number of nitrogens with zero attached hydrogens (tertiary/aromatic N) is 2. The molecule has 0 radical (unpaired) electrons. The highest BCUT2D eigenvalue weighted by Gasteiger charge is 2.15. The first kappa shape index (κ1) is 18.4. The zero-order valence-electron chi connectivity index (χ0n) is 15.3. The van der Waals surface area contributed by atoms with Crippen LogP contribution in [0.5, 0.6) is 5.75 Å². The summed E-state index contributed by atoms with van der Waals surface area (Å²) in [5.74, 6) is 0.662. The molecule has 1 aromatic heterocycles. The molecular weight excluding hydrogens is 346 g/mol. The van der Waals surface area contributed by atoms with Gasteiger partial charge in [-0.05, 0) is 24.3 Å². The molecule has 3 rings (SSSR count). The zero-order chi connectivity index (χ0) is 19.2. The van der Waals surface area contributed by atoms with Gasteiger partial charge in [-0.3, -0.25) is 9.59 Å². The highest BCUT2D eigenvalue weighted by Crippen LogP contribution is 2.18. The van der Waals surface area contributed by atoms with E-state index in [1.807, 2.05) is 34.9 Å². The molecule has 0 saturated carbocycles. The van der Waals surface area contributed by atoms with Gasteiger partial charge in [0.2, 0.25) is 0 Å². The van der Waals surface area contributed by atoms with E-state index < -0.39 is 0 Å². The molecule has 140 valence electrons. The summed E-state index contributed by atoms with van der Waals surface area (Å²) in [6.07, 6.45) is 0.479. The number of para-hydroxylation sites is 3. The molecule has 0 saturated heterocycles. The molecule has 0 spiro atoms. The predicted molar refractivity (Wildman–Crippen MR) is 101 cm³/mol. The van der Waals surface area contributed by atoms with E-state index in [0.717, 1.165) is 11.0 Å². The summed E-state index contributed by atoms with van der Waals surface area (Å²) < 4.78 is 11.8. The predicted octanol–water partition coefficient (Wildman–Crippen LogP) is 2.19. The van der Waals surface area contributed by atoms with Crippen molar-refractivity contribution in [2.75, 3.05) is 20.8 Å². The second-order valence-electron chi connectivity index (χ2n) is 5.89. The van der Waals surface area contributed by atoms with E-state index in [0.29, 0.717) is 30.1 Å². The first-order chi connectivity index (χ1) is 13.1. The Labute approximate surface area is 156 Å². The van der Waals surface area contributed by atoms with E-state index in [1.165, 1.54) is 14.2 Å². The largest absolute Gasteiger partial charge is 0.496 e. The first-order valence-electron chi connectivity index (χ1n) is 8.56. The average molecular weight is 367 g/mol. The third-order valence-corrected chi connectivity index (χ3v) is 4.23. The second kappa shape index (κ2) is 8.35. The third-order valence-electron chi connectivity index (χ3n) is 4.23. The van der Waals surface area contributed by atoms with Crippen LogP contribution in [0.3, 0.4) is 0 Å². The van der Waals surface area contributed by atoms with Gasteiger partial charge in [0.05, 0.1) is 30.8 Å². The number of benzene rings is 2. The van der Waals surface area contributed by atoms with Crippen LogP contribution < -0.4 is 10.1 Å². The fourth-order valence-electron chi connectivity index (χ4n) is 2.90. The number of aromatic nitrogens is 2. The van der Waals surface area contributed by atoms with E-state index in [2.05, 4.69) is 10.3 Å². The van der Waals surface area contributed by atoms with Gasteiger partial charge in [-0.25, -0.2) is 4.98 Å². The Kier molecular flexibility index (Phi) is 5.71. The Balaban J connectivity index is 1.74. The van der Waals surface area contributed by atoms with Gasteiger partial charge in [0, 0.05) is 13.0 Å². The summed E-state index contributed by atoms with van der Waals surface area (Å²) in [6.45, 7) is 0.453. The summed E-state index contributed by atoms with van der Waals surface area (Å²) in [6, 6.07) is 14.6. The molecule has 1 amide bonds. The van der Waals surface area contributed by atoms with Crippen molar-refractivity contribution in [2.24, 2.45) is 0 Å². The maximum absolute atomic E-state index is 12.4. The Hall–Kier alpha value is -3.35. The quantitative estimate of drug-likeness (QED) is 0.647. The van der Waals surface area contributed by atoms with Crippen molar-refractivity contribution in [1.29, 1.82) is 0 Å². The molecule has 1 heterocycles. The number of methoxy groups -OCH3 is 2. The number of ether oxygens (including phenoxy) is 2. The van der Waals surface area contributed by atoms with Crippen molar-refractivity contribution < 1.29 is 19.1 Å². The summed E-state index contributed by atoms with van der Waals surface area (Å²) in [4.78, 5) is 28.7. The number of amides is 1. The van der Waals surface area contributed by atoms with E-state index >= 15 is 0 Å². The number of carbonyl (C=O) groups excluding carboxylic acids is 2. The highest BCUT2D eigenvalue weighted by molar-refractivity contribution is 5.96. The van der Waals surface area contributed by atoms with Crippen LogP contribution in [-0.4, -0.2) is 42.2 Å². The Bertz CT molecular complexity index is 965. The minimum Gasteiger partial charge on any atom is -0.496 e. The van der Waals surface area contributed by atoms with Crippen molar-refractivity contribution in [3.05, 3.63) is 59.9 Å². The second-order valence-corrected chi connectivity index (χ2v) is 5.89. The van der Waals surface area contributed by atoms with Crippen LogP contribution in [0.2, 0.25) is 0 Å². The van der Waals surface area contributed by atoms with Crippen molar-refractivity contribution >= 4 is 22.9 Å². The lowest BCUT2D eigenvalue weighted by molar-refractivity contribution is -0.141. The molecule has 27 heavy (non-hydrogen) atoms. The lowest BCUT2D eigenvalue weighted by atomic mass is 10.2. The number of hydrogen-bond donors (Lipinski definition) is 1. The SMILES string of the molecule is COC(=O)Cn1c(CCNC(=O)c2ccccc2OC)nc2ccccc21. The van der Waals surface area contributed by atoms with Gasteiger partial charge < -0.3 is 19.4 Å². The minimum atomic E-state index is -0.350. The van der Waals surface area contributed by atoms with Gasteiger partial charge in [-0.2, -0.15) is 0 Å². The Morgan fingerprint density at radius 1 is 1.07 bits per heavy atom. The molecule has 0 atom stereocenters. The molecule has 1 N–H and O–H groups in total.